The average Bonchev–Trinajstić information content (AvgIpc) is 3.27. The van der Waals surface area contributed by atoms with Crippen LogP contribution in [0.4, 0.5) is 14.5 Å². The maximum atomic E-state index is 12.4. The van der Waals surface area contributed by atoms with Crippen molar-refractivity contribution in [2.24, 2.45) is 5.92 Å². The molecular formula is C17H15ClF2N2O. The molecule has 2 aliphatic rings. The number of nitrogens with zero attached hydrogens (tertiary/aromatic N) is 2. The molecule has 1 aliphatic heterocycles. The van der Waals surface area contributed by atoms with Gasteiger partial charge in [0.2, 0.25) is 0 Å². The molecule has 0 spiro atoms. The number of hydrogen-bond donors (Lipinski definition) is 0. The summed E-state index contributed by atoms with van der Waals surface area (Å²) in [5.74, 6) is 0.662. The molecule has 6 heteroatoms. The monoisotopic (exact) mass is 336 g/mol. The van der Waals surface area contributed by atoms with Gasteiger partial charge in [0.15, 0.2) is 0 Å². The number of fused-ring (bicyclic) bond motifs is 1. The predicted molar refractivity (Wildman–Crippen MR) is 84.0 cm³/mol. The van der Waals surface area contributed by atoms with E-state index in [1.807, 2.05) is 18.2 Å². The number of anilines is 1. The van der Waals surface area contributed by atoms with Crippen LogP contribution in [0.1, 0.15) is 30.0 Å². The van der Waals surface area contributed by atoms with Crippen LogP contribution in [0, 0.1) is 5.92 Å². The van der Waals surface area contributed by atoms with Gasteiger partial charge in [-0.2, -0.15) is 8.78 Å². The summed E-state index contributed by atoms with van der Waals surface area (Å²) < 4.78 is 29.3. The Hall–Kier alpha value is -1.88. The summed E-state index contributed by atoms with van der Waals surface area (Å²) in [6.45, 7) is -2.12. The number of rotatable bonds is 4. The summed E-state index contributed by atoms with van der Waals surface area (Å²) in [7, 11) is 0. The Kier molecular flexibility index (Phi) is 3.60. The lowest BCUT2D eigenvalue weighted by Gasteiger charge is -2.27. The molecular weight excluding hydrogens is 322 g/mol. The first kappa shape index (κ1) is 14.7. The standard InChI is InChI=1S/C17H15ClF2N2O/c18-12-4-3-11-9-22(16(10-1-2-10)15(11)5-12)13-6-14(8-21-7-13)23-17(19)20/h3-8,10,16-17H,1-2,9H2. The van der Waals surface area contributed by atoms with Crippen LogP contribution >= 0.6 is 11.6 Å². The minimum atomic E-state index is -2.85. The summed E-state index contributed by atoms with van der Waals surface area (Å²) in [6.07, 6.45) is 5.35. The fourth-order valence-corrected chi connectivity index (χ4v) is 3.52. The van der Waals surface area contributed by atoms with Crippen molar-refractivity contribution in [2.45, 2.75) is 32.0 Å². The van der Waals surface area contributed by atoms with Crippen molar-refractivity contribution >= 4 is 17.3 Å². The molecule has 0 radical (unpaired) electrons. The van der Waals surface area contributed by atoms with Crippen molar-refractivity contribution in [3.8, 4) is 5.75 Å². The number of halogens is 3. The smallest absolute Gasteiger partial charge is 0.387 e. The second-order valence-electron chi connectivity index (χ2n) is 6.01. The van der Waals surface area contributed by atoms with Gasteiger partial charge in [-0.05, 0) is 42.0 Å². The fraction of sp³-hybridized carbons (Fsp3) is 0.353. The molecule has 1 fully saturated rings. The van der Waals surface area contributed by atoms with E-state index >= 15 is 0 Å². The average molecular weight is 337 g/mol. The van der Waals surface area contributed by atoms with Gasteiger partial charge in [-0.15, -0.1) is 0 Å². The molecule has 2 heterocycles. The van der Waals surface area contributed by atoms with E-state index < -0.39 is 6.61 Å². The Morgan fingerprint density at radius 3 is 2.78 bits per heavy atom. The second kappa shape index (κ2) is 5.64. The van der Waals surface area contributed by atoms with Crippen LogP contribution in [0.15, 0.2) is 36.7 Å². The van der Waals surface area contributed by atoms with Crippen molar-refractivity contribution in [1.29, 1.82) is 0 Å². The summed E-state index contributed by atoms with van der Waals surface area (Å²) >= 11 is 6.16. The predicted octanol–water partition coefficient (Wildman–Crippen LogP) is 4.81. The van der Waals surface area contributed by atoms with E-state index in [0.29, 0.717) is 5.92 Å². The molecule has 0 amide bonds. The second-order valence-corrected chi connectivity index (χ2v) is 6.45. The molecule has 1 unspecified atom stereocenters. The van der Waals surface area contributed by atoms with Crippen molar-refractivity contribution in [2.75, 3.05) is 4.90 Å². The van der Waals surface area contributed by atoms with Gasteiger partial charge in [-0.1, -0.05) is 17.7 Å². The lowest BCUT2D eigenvalue weighted by molar-refractivity contribution is -0.0500. The summed E-state index contributed by atoms with van der Waals surface area (Å²) in [5.41, 5.74) is 3.26. The van der Waals surface area contributed by atoms with E-state index in [1.165, 1.54) is 30.2 Å². The van der Waals surface area contributed by atoms with Gasteiger partial charge in [-0.25, -0.2) is 0 Å². The third-order valence-electron chi connectivity index (χ3n) is 4.43. The van der Waals surface area contributed by atoms with Gasteiger partial charge in [0.05, 0.1) is 24.1 Å². The normalized spacial score (nSPS) is 20.0. The molecule has 1 atom stereocenters. The number of ether oxygens (including phenoxy) is 1. The quantitative estimate of drug-likeness (QED) is 0.801. The van der Waals surface area contributed by atoms with Crippen molar-refractivity contribution in [3.05, 3.63) is 52.8 Å². The molecule has 120 valence electrons. The van der Waals surface area contributed by atoms with Crippen LogP contribution < -0.4 is 9.64 Å². The Bertz CT molecular complexity index is 736. The van der Waals surface area contributed by atoms with E-state index in [1.54, 1.807) is 12.3 Å². The molecule has 1 aromatic carbocycles. The zero-order chi connectivity index (χ0) is 16.0. The van der Waals surface area contributed by atoms with E-state index in [2.05, 4.69) is 14.6 Å². The largest absolute Gasteiger partial charge is 0.433 e. The summed E-state index contributed by atoms with van der Waals surface area (Å²) in [5, 5.41) is 0.726. The van der Waals surface area contributed by atoms with Crippen LogP contribution in [-0.2, 0) is 6.54 Å². The summed E-state index contributed by atoms with van der Waals surface area (Å²) in [4.78, 5) is 6.26. The minimum absolute atomic E-state index is 0.0843. The Morgan fingerprint density at radius 2 is 2.04 bits per heavy atom. The first-order valence-corrected chi connectivity index (χ1v) is 7.94. The topological polar surface area (TPSA) is 25.4 Å². The highest BCUT2D eigenvalue weighted by Crippen LogP contribution is 2.51. The molecule has 0 saturated heterocycles. The number of benzene rings is 1. The van der Waals surface area contributed by atoms with Crippen LogP contribution in [-0.4, -0.2) is 11.6 Å². The first-order chi connectivity index (χ1) is 11.1. The Balaban J connectivity index is 1.69. The van der Waals surface area contributed by atoms with E-state index in [-0.39, 0.29) is 11.8 Å². The third kappa shape index (κ3) is 2.85. The molecule has 0 bridgehead atoms. The van der Waals surface area contributed by atoms with Crippen molar-refractivity contribution < 1.29 is 13.5 Å². The van der Waals surface area contributed by atoms with E-state index in [0.717, 1.165) is 17.3 Å². The van der Waals surface area contributed by atoms with Gasteiger partial charge in [0.25, 0.3) is 0 Å². The number of pyridine rings is 1. The first-order valence-electron chi connectivity index (χ1n) is 7.56. The van der Waals surface area contributed by atoms with Crippen LogP contribution in [0.5, 0.6) is 5.75 Å². The lowest BCUT2D eigenvalue weighted by Crippen LogP contribution is -2.23. The highest BCUT2D eigenvalue weighted by atomic mass is 35.5. The van der Waals surface area contributed by atoms with Crippen LogP contribution in [0.2, 0.25) is 5.02 Å². The van der Waals surface area contributed by atoms with Gasteiger partial charge < -0.3 is 9.64 Å². The molecule has 4 rings (SSSR count). The maximum absolute atomic E-state index is 12.4. The van der Waals surface area contributed by atoms with E-state index in [4.69, 9.17) is 11.6 Å². The van der Waals surface area contributed by atoms with Gasteiger partial charge in [0.1, 0.15) is 5.75 Å². The molecule has 1 saturated carbocycles. The Labute approximate surface area is 137 Å². The molecule has 0 N–H and O–H groups in total. The van der Waals surface area contributed by atoms with Crippen molar-refractivity contribution in [1.82, 2.24) is 4.98 Å². The molecule has 23 heavy (non-hydrogen) atoms. The maximum Gasteiger partial charge on any atom is 0.387 e. The number of hydrogen-bond acceptors (Lipinski definition) is 3. The number of alkyl halides is 2. The van der Waals surface area contributed by atoms with Crippen molar-refractivity contribution in [3.63, 3.8) is 0 Å². The lowest BCUT2D eigenvalue weighted by atomic mass is 10.0. The fourth-order valence-electron chi connectivity index (χ4n) is 3.34. The Morgan fingerprint density at radius 1 is 1.22 bits per heavy atom. The van der Waals surface area contributed by atoms with Gasteiger partial charge >= 0.3 is 6.61 Å². The summed E-state index contributed by atoms with van der Waals surface area (Å²) in [6, 6.07) is 7.81. The molecule has 1 aliphatic carbocycles. The number of aromatic nitrogens is 1. The highest BCUT2D eigenvalue weighted by molar-refractivity contribution is 6.30. The van der Waals surface area contributed by atoms with Crippen LogP contribution in [0.3, 0.4) is 0 Å². The van der Waals surface area contributed by atoms with Gasteiger partial charge in [0, 0.05) is 17.6 Å². The molecule has 3 nitrogen and oxygen atoms in total. The highest BCUT2D eigenvalue weighted by Gasteiger charge is 2.41. The molecule has 2 aromatic rings. The SMILES string of the molecule is FC(F)Oc1cncc(N2Cc3ccc(Cl)cc3C2C2CC2)c1. The molecule has 1 aromatic heterocycles. The minimum Gasteiger partial charge on any atom is -0.433 e. The van der Waals surface area contributed by atoms with Gasteiger partial charge in [-0.3, -0.25) is 4.98 Å². The van der Waals surface area contributed by atoms with E-state index in [9.17, 15) is 8.78 Å². The zero-order valence-corrected chi connectivity index (χ0v) is 13.0. The third-order valence-corrected chi connectivity index (χ3v) is 4.66. The zero-order valence-electron chi connectivity index (χ0n) is 12.3. The van der Waals surface area contributed by atoms with Crippen LogP contribution in [0.25, 0.3) is 0 Å².